The fourth-order valence-electron chi connectivity index (χ4n) is 6.33. The van der Waals surface area contributed by atoms with Gasteiger partial charge in [-0.1, -0.05) is 91.0 Å². The molecule has 4 aromatic carbocycles. The van der Waals surface area contributed by atoms with Gasteiger partial charge < -0.3 is 30.6 Å². The van der Waals surface area contributed by atoms with Crippen LogP contribution in [0.15, 0.2) is 97.1 Å². The highest BCUT2D eigenvalue weighted by Gasteiger charge is 2.30. The first-order valence-electron chi connectivity index (χ1n) is 15.2. The normalized spacial score (nSPS) is 13.3. The quantitative estimate of drug-likeness (QED) is 0.129. The monoisotopic (exact) mass is 631 g/mol. The van der Waals surface area contributed by atoms with Crippen LogP contribution in [-0.4, -0.2) is 57.8 Å². The molecule has 0 radical (unpaired) electrons. The number of carboxylic acid groups (broad SMARTS) is 2. The van der Waals surface area contributed by atoms with E-state index in [0.29, 0.717) is 11.3 Å². The summed E-state index contributed by atoms with van der Waals surface area (Å²) in [6.07, 6.45) is -0.741. The number of aromatic amines is 1. The van der Waals surface area contributed by atoms with Gasteiger partial charge in [0.1, 0.15) is 18.7 Å². The van der Waals surface area contributed by atoms with E-state index in [9.17, 15) is 29.4 Å². The molecule has 0 aliphatic heterocycles. The van der Waals surface area contributed by atoms with Gasteiger partial charge in [0.05, 0.1) is 0 Å². The van der Waals surface area contributed by atoms with Gasteiger partial charge in [-0.05, 0) is 45.0 Å². The predicted molar refractivity (Wildman–Crippen MR) is 176 cm³/mol. The number of aromatic nitrogens is 1. The molecule has 0 saturated carbocycles. The number of alkyl carbamates (subject to hydrolysis) is 1. The lowest BCUT2D eigenvalue weighted by Gasteiger charge is -2.18. The number of rotatable bonds is 11. The Labute approximate surface area is 270 Å². The molecule has 0 fully saturated rings. The molecule has 0 spiro atoms. The maximum absolute atomic E-state index is 12.8. The predicted octanol–water partition coefficient (Wildman–Crippen LogP) is 5.50. The average molecular weight is 632 g/mol. The number of amides is 2. The number of hydrogen-bond acceptors (Lipinski definition) is 5. The Kier molecular flexibility index (Phi) is 8.75. The zero-order chi connectivity index (χ0) is 33.1. The van der Waals surface area contributed by atoms with Crippen LogP contribution in [0.2, 0.25) is 0 Å². The smallest absolute Gasteiger partial charge is 0.407 e. The van der Waals surface area contributed by atoms with Crippen LogP contribution in [-0.2, 0) is 32.0 Å². The second kappa shape index (κ2) is 13.2. The van der Waals surface area contributed by atoms with Gasteiger partial charge >= 0.3 is 18.0 Å². The van der Waals surface area contributed by atoms with Crippen LogP contribution in [0.25, 0.3) is 33.3 Å². The second-order valence-corrected chi connectivity index (χ2v) is 11.6. The van der Waals surface area contributed by atoms with Gasteiger partial charge in [-0.2, -0.15) is 0 Å². The Morgan fingerprint density at radius 1 is 0.745 bits per heavy atom. The van der Waals surface area contributed by atoms with E-state index >= 15 is 0 Å². The molecule has 238 valence electrons. The number of aliphatic carboxylic acids is 2. The number of carboxylic acids is 2. The molecular formula is C37H33N3O7. The summed E-state index contributed by atoms with van der Waals surface area (Å²) in [6.45, 7) is 1.34. The zero-order valence-electron chi connectivity index (χ0n) is 25.5. The average Bonchev–Trinajstić information content (AvgIpc) is 3.59. The molecule has 6 rings (SSSR count). The first-order chi connectivity index (χ1) is 22.7. The lowest BCUT2D eigenvalue weighted by atomic mass is 9.97. The second-order valence-electron chi connectivity index (χ2n) is 11.6. The van der Waals surface area contributed by atoms with Gasteiger partial charge in [0.15, 0.2) is 0 Å². The lowest BCUT2D eigenvalue weighted by molar-refractivity contribution is -0.141. The van der Waals surface area contributed by atoms with Crippen molar-refractivity contribution in [2.75, 3.05) is 6.61 Å². The van der Waals surface area contributed by atoms with Gasteiger partial charge in [-0.15, -0.1) is 0 Å². The molecule has 0 bridgehead atoms. The van der Waals surface area contributed by atoms with Crippen LogP contribution in [0.5, 0.6) is 0 Å². The minimum absolute atomic E-state index is 0.0169. The molecule has 1 heterocycles. The third-order valence-corrected chi connectivity index (χ3v) is 8.51. The number of benzene rings is 4. The number of carbonyl (C=O) groups excluding carboxylic acids is 2. The minimum Gasteiger partial charge on any atom is -0.480 e. The van der Waals surface area contributed by atoms with Crippen molar-refractivity contribution in [1.82, 2.24) is 15.6 Å². The van der Waals surface area contributed by atoms with Crippen molar-refractivity contribution in [3.63, 3.8) is 0 Å². The van der Waals surface area contributed by atoms with Crippen molar-refractivity contribution in [2.24, 2.45) is 0 Å². The molecule has 2 atom stereocenters. The highest BCUT2D eigenvalue weighted by molar-refractivity contribution is 5.92. The van der Waals surface area contributed by atoms with Gasteiger partial charge in [0.25, 0.3) is 0 Å². The van der Waals surface area contributed by atoms with Crippen molar-refractivity contribution in [3.05, 3.63) is 119 Å². The highest BCUT2D eigenvalue weighted by Crippen LogP contribution is 2.44. The molecule has 2 amide bonds. The number of H-pyrrole nitrogens is 1. The van der Waals surface area contributed by atoms with Crippen molar-refractivity contribution < 1.29 is 34.1 Å². The van der Waals surface area contributed by atoms with Gasteiger partial charge in [-0.25, -0.2) is 14.4 Å². The van der Waals surface area contributed by atoms with Gasteiger partial charge in [0, 0.05) is 42.3 Å². The Hall–Kier alpha value is -5.90. The maximum atomic E-state index is 12.8. The SMILES string of the molecule is CC(=O)NC(Cc1c(-c2ccc(C[C@H](NC(=O)OCC3c4ccccc4-c4ccccc43)C(=O)O)cc2)[nH]c2ccccc12)C(=O)O. The summed E-state index contributed by atoms with van der Waals surface area (Å²) >= 11 is 0. The fourth-order valence-corrected chi connectivity index (χ4v) is 6.33. The van der Waals surface area contributed by atoms with Crippen LogP contribution in [0.1, 0.15) is 35.1 Å². The van der Waals surface area contributed by atoms with E-state index in [1.54, 1.807) is 12.1 Å². The summed E-state index contributed by atoms with van der Waals surface area (Å²) in [5.41, 5.74) is 7.97. The van der Waals surface area contributed by atoms with Crippen molar-refractivity contribution in [3.8, 4) is 22.4 Å². The Balaban J connectivity index is 1.15. The van der Waals surface area contributed by atoms with Crippen LogP contribution >= 0.6 is 0 Å². The summed E-state index contributed by atoms with van der Waals surface area (Å²) < 4.78 is 5.56. The summed E-state index contributed by atoms with van der Waals surface area (Å²) in [4.78, 5) is 51.9. The molecule has 1 aliphatic rings. The summed E-state index contributed by atoms with van der Waals surface area (Å²) in [7, 11) is 0. The van der Waals surface area contributed by atoms with Crippen LogP contribution in [0.3, 0.4) is 0 Å². The maximum Gasteiger partial charge on any atom is 0.407 e. The van der Waals surface area contributed by atoms with E-state index in [2.05, 4.69) is 15.6 Å². The summed E-state index contributed by atoms with van der Waals surface area (Å²) in [6, 6.07) is 28.2. The van der Waals surface area contributed by atoms with Crippen molar-refractivity contribution >= 4 is 34.8 Å². The van der Waals surface area contributed by atoms with Crippen LogP contribution in [0, 0.1) is 0 Å². The van der Waals surface area contributed by atoms with Crippen molar-refractivity contribution in [2.45, 2.75) is 37.8 Å². The molecule has 1 aliphatic carbocycles. The molecule has 1 unspecified atom stereocenters. The van der Waals surface area contributed by atoms with Crippen molar-refractivity contribution in [1.29, 1.82) is 0 Å². The Bertz CT molecular complexity index is 1940. The number of hydrogen-bond donors (Lipinski definition) is 5. The third kappa shape index (κ3) is 6.57. The fraction of sp³-hybridized carbons (Fsp3) is 0.189. The van der Waals surface area contributed by atoms with E-state index < -0.39 is 36.0 Å². The summed E-state index contributed by atoms with van der Waals surface area (Å²) in [5, 5.41) is 25.5. The van der Waals surface area contributed by atoms with Crippen LogP contribution in [0.4, 0.5) is 4.79 Å². The molecule has 5 N–H and O–H groups in total. The molecule has 10 nitrogen and oxygen atoms in total. The molecule has 47 heavy (non-hydrogen) atoms. The first-order valence-corrected chi connectivity index (χ1v) is 15.2. The Morgan fingerprint density at radius 2 is 1.32 bits per heavy atom. The number of para-hydroxylation sites is 1. The highest BCUT2D eigenvalue weighted by atomic mass is 16.5. The summed E-state index contributed by atoms with van der Waals surface area (Å²) in [5.74, 6) is -2.93. The first kappa shape index (κ1) is 31.1. The van der Waals surface area contributed by atoms with E-state index in [-0.39, 0.29) is 25.4 Å². The van der Waals surface area contributed by atoms with E-state index in [0.717, 1.165) is 44.3 Å². The Morgan fingerprint density at radius 3 is 1.94 bits per heavy atom. The number of carbonyl (C=O) groups is 4. The number of ether oxygens (including phenoxy) is 1. The standard InChI is InChI=1S/C37H33N3O7/c1-21(41)38-33(36(44)45)19-29-28-12-6-7-13-31(28)39-34(29)23-16-14-22(15-17-23)18-32(35(42)43)40-37(46)47-20-30-26-10-4-2-8-24(26)25-9-3-5-11-27(25)30/h2-17,30,32-33,39H,18-20H2,1H3,(H,38,41)(H,40,46)(H,42,43)(H,44,45)/t32-,33?/m0/s1. The van der Waals surface area contributed by atoms with E-state index in [1.165, 1.54) is 6.92 Å². The number of fused-ring (bicyclic) bond motifs is 4. The van der Waals surface area contributed by atoms with E-state index in [1.807, 2.05) is 84.9 Å². The van der Waals surface area contributed by atoms with Gasteiger partial charge in [0.2, 0.25) is 5.91 Å². The molecular weight excluding hydrogens is 598 g/mol. The minimum atomic E-state index is -1.23. The molecule has 1 aromatic heterocycles. The zero-order valence-corrected chi connectivity index (χ0v) is 25.5. The molecule has 0 saturated heterocycles. The van der Waals surface area contributed by atoms with Crippen LogP contribution < -0.4 is 10.6 Å². The largest absolute Gasteiger partial charge is 0.480 e. The molecule has 5 aromatic rings. The van der Waals surface area contributed by atoms with E-state index in [4.69, 9.17) is 4.74 Å². The number of nitrogens with one attached hydrogen (secondary N) is 3. The third-order valence-electron chi connectivity index (χ3n) is 8.51. The molecule has 10 heteroatoms. The topological polar surface area (TPSA) is 158 Å². The lowest BCUT2D eigenvalue weighted by Crippen LogP contribution is -2.42. The van der Waals surface area contributed by atoms with Gasteiger partial charge in [-0.3, -0.25) is 4.79 Å².